The van der Waals surface area contributed by atoms with Gasteiger partial charge in [-0.25, -0.2) is 0 Å². The van der Waals surface area contributed by atoms with Crippen LogP contribution in [0.3, 0.4) is 0 Å². The first kappa shape index (κ1) is 12.8. The topological polar surface area (TPSA) is 56.0 Å². The normalized spacial score (nSPS) is 11.5. The van der Waals surface area contributed by atoms with Crippen molar-refractivity contribution in [1.29, 1.82) is 0 Å². The average molecular weight is 360 g/mol. The maximum atomic E-state index is 4.44. The van der Waals surface area contributed by atoms with E-state index in [9.17, 15) is 0 Å². The first-order valence-corrected chi connectivity index (χ1v) is 8.02. The van der Waals surface area contributed by atoms with Crippen LogP contribution in [-0.4, -0.2) is 24.8 Å². The van der Waals surface area contributed by atoms with Crippen LogP contribution in [0.5, 0.6) is 0 Å². The van der Waals surface area contributed by atoms with Crippen molar-refractivity contribution in [2.24, 2.45) is 0 Å². The van der Waals surface area contributed by atoms with Crippen LogP contribution < -0.4 is 0 Å². The van der Waals surface area contributed by atoms with Crippen molar-refractivity contribution < 1.29 is 0 Å². The Morgan fingerprint density at radius 3 is 3.05 bits per heavy atom. The molecule has 0 aliphatic rings. The van der Waals surface area contributed by atoms with Crippen LogP contribution in [0.1, 0.15) is 16.4 Å². The number of rotatable bonds is 2. The van der Waals surface area contributed by atoms with Crippen LogP contribution in [-0.2, 0) is 6.42 Å². The lowest BCUT2D eigenvalue weighted by atomic mass is 10.1. The fourth-order valence-corrected chi connectivity index (χ4v) is 3.36. The Morgan fingerprint density at radius 1 is 1.24 bits per heavy atom. The number of nitrogens with zero attached hydrogens (tertiary/aromatic N) is 5. The Morgan fingerprint density at radius 2 is 2.14 bits per heavy atom. The molecule has 0 aliphatic carbocycles. The highest BCUT2D eigenvalue weighted by molar-refractivity contribution is 9.10. The molecule has 104 valence electrons. The van der Waals surface area contributed by atoms with Crippen molar-refractivity contribution in [2.75, 3.05) is 0 Å². The van der Waals surface area contributed by atoms with Crippen LogP contribution >= 0.6 is 27.3 Å². The summed E-state index contributed by atoms with van der Waals surface area (Å²) in [5, 5.41) is 14.9. The summed E-state index contributed by atoms with van der Waals surface area (Å²) in [4.78, 5) is 5.22. The van der Waals surface area contributed by atoms with Gasteiger partial charge >= 0.3 is 0 Å². The van der Waals surface area contributed by atoms with Gasteiger partial charge in [-0.1, -0.05) is 17.4 Å². The monoisotopic (exact) mass is 359 g/mol. The lowest BCUT2D eigenvalue weighted by Gasteiger charge is -2.02. The molecule has 0 N–H and O–H groups in total. The lowest BCUT2D eigenvalue weighted by Crippen LogP contribution is -1.98. The molecule has 0 radical (unpaired) electrons. The molecule has 4 aromatic rings. The standard InChI is InChI=1S/C14H10BrN5S/c1-8-19-20-13(17-18-14(20)21-8)5-9-2-3-12-10(4-9)6-11(15)7-16-12/h2-4,6-7H,5H2,1H3. The van der Waals surface area contributed by atoms with E-state index in [1.54, 1.807) is 11.3 Å². The summed E-state index contributed by atoms with van der Waals surface area (Å²) in [6.45, 7) is 1.97. The third kappa shape index (κ3) is 2.32. The lowest BCUT2D eigenvalue weighted by molar-refractivity contribution is 0.840. The van der Waals surface area contributed by atoms with E-state index in [1.807, 2.05) is 23.7 Å². The van der Waals surface area contributed by atoms with Gasteiger partial charge in [-0.05, 0) is 46.6 Å². The summed E-state index contributed by atoms with van der Waals surface area (Å²) in [5.41, 5.74) is 2.15. The molecule has 7 heteroatoms. The first-order chi connectivity index (χ1) is 10.2. The molecular formula is C14H10BrN5S. The number of benzene rings is 1. The minimum atomic E-state index is 0.701. The maximum Gasteiger partial charge on any atom is 0.234 e. The van der Waals surface area contributed by atoms with Gasteiger partial charge in [-0.2, -0.15) is 9.61 Å². The zero-order valence-electron chi connectivity index (χ0n) is 11.1. The molecule has 21 heavy (non-hydrogen) atoms. The smallest absolute Gasteiger partial charge is 0.234 e. The second kappa shape index (κ2) is 4.85. The van der Waals surface area contributed by atoms with E-state index in [0.29, 0.717) is 6.42 Å². The van der Waals surface area contributed by atoms with E-state index in [4.69, 9.17) is 0 Å². The summed E-state index contributed by atoms with van der Waals surface area (Å²) in [6, 6.07) is 8.30. The molecular weight excluding hydrogens is 350 g/mol. The molecule has 0 fully saturated rings. The van der Waals surface area contributed by atoms with E-state index in [0.717, 1.165) is 31.2 Å². The molecule has 0 aliphatic heterocycles. The van der Waals surface area contributed by atoms with Gasteiger partial charge in [0.25, 0.3) is 0 Å². The van der Waals surface area contributed by atoms with Gasteiger partial charge in [-0.3, -0.25) is 4.98 Å². The van der Waals surface area contributed by atoms with Crippen molar-refractivity contribution in [3.8, 4) is 0 Å². The van der Waals surface area contributed by atoms with E-state index in [-0.39, 0.29) is 0 Å². The minimum Gasteiger partial charge on any atom is -0.255 e. The van der Waals surface area contributed by atoms with Gasteiger partial charge in [0.15, 0.2) is 5.82 Å². The van der Waals surface area contributed by atoms with Gasteiger partial charge < -0.3 is 0 Å². The van der Waals surface area contributed by atoms with Crippen LogP contribution in [0.4, 0.5) is 0 Å². The Kier molecular flexibility index (Phi) is 2.97. The average Bonchev–Trinajstić information content (AvgIpc) is 2.99. The fourth-order valence-electron chi connectivity index (χ4n) is 2.31. The molecule has 1 aromatic carbocycles. The van der Waals surface area contributed by atoms with E-state index < -0.39 is 0 Å². The van der Waals surface area contributed by atoms with E-state index in [1.165, 1.54) is 5.56 Å². The highest BCUT2D eigenvalue weighted by Crippen LogP contribution is 2.20. The SMILES string of the molecule is Cc1nn2c(Cc3ccc4ncc(Br)cc4c3)nnc2s1. The molecule has 0 spiro atoms. The van der Waals surface area contributed by atoms with Crippen LogP contribution in [0.25, 0.3) is 15.9 Å². The summed E-state index contributed by atoms with van der Waals surface area (Å²) in [6.07, 6.45) is 2.51. The molecule has 0 atom stereocenters. The van der Waals surface area contributed by atoms with Crippen molar-refractivity contribution in [3.05, 3.63) is 51.3 Å². The molecule has 3 heterocycles. The second-order valence-electron chi connectivity index (χ2n) is 4.79. The Labute approximate surface area is 132 Å². The van der Waals surface area contributed by atoms with Crippen molar-refractivity contribution in [2.45, 2.75) is 13.3 Å². The number of hydrogen-bond acceptors (Lipinski definition) is 5. The maximum absolute atomic E-state index is 4.44. The summed E-state index contributed by atoms with van der Waals surface area (Å²) in [5.74, 6) is 0.858. The number of aromatic nitrogens is 5. The Bertz CT molecular complexity index is 958. The molecule has 0 saturated heterocycles. The van der Waals surface area contributed by atoms with Crippen molar-refractivity contribution in [3.63, 3.8) is 0 Å². The predicted octanol–water partition coefficient (Wildman–Crippen LogP) is 3.40. The van der Waals surface area contributed by atoms with Gasteiger partial charge in [0.1, 0.15) is 5.01 Å². The zero-order valence-corrected chi connectivity index (χ0v) is 13.5. The largest absolute Gasteiger partial charge is 0.255 e. The molecule has 4 rings (SSSR count). The zero-order chi connectivity index (χ0) is 14.4. The third-order valence-corrected chi connectivity index (χ3v) is 4.48. The van der Waals surface area contributed by atoms with Crippen molar-refractivity contribution in [1.82, 2.24) is 24.8 Å². The molecule has 0 amide bonds. The highest BCUT2D eigenvalue weighted by atomic mass is 79.9. The second-order valence-corrected chi connectivity index (χ2v) is 6.86. The van der Waals surface area contributed by atoms with Crippen LogP contribution in [0, 0.1) is 6.92 Å². The molecule has 0 bridgehead atoms. The predicted molar refractivity (Wildman–Crippen MR) is 85.6 cm³/mol. The van der Waals surface area contributed by atoms with Gasteiger partial charge in [0.05, 0.1) is 5.52 Å². The summed E-state index contributed by atoms with van der Waals surface area (Å²) < 4.78 is 2.80. The fraction of sp³-hybridized carbons (Fsp3) is 0.143. The first-order valence-electron chi connectivity index (χ1n) is 6.41. The molecule has 5 nitrogen and oxygen atoms in total. The Balaban J connectivity index is 1.76. The van der Waals surface area contributed by atoms with Gasteiger partial charge in [-0.15, -0.1) is 10.2 Å². The van der Waals surface area contributed by atoms with Gasteiger partial charge in [0.2, 0.25) is 4.96 Å². The van der Waals surface area contributed by atoms with Crippen molar-refractivity contribution >= 4 is 43.1 Å². The summed E-state index contributed by atoms with van der Waals surface area (Å²) >= 11 is 5.01. The molecule has 0 unspecified atom stereocenters. The Hall–Kier alpha value is -1.86. The number of pyridine rings is 1. The number of halogens is 1. The van der Waals surface area contributed by atoms with E-state index in [2.05, 4.69) is 54.4 Å². The van der Waals surface area contributed by atoms with Crippen LogP contribution in [0.2, 0.25) is 0 Å². The number of fused-ring (bicyclic) bond motifs is 2. The third-order valence-electron chi connectivity index (χ3n) is 3.23. The molecule has 0 saturated carbocycles. The van der Waals surface area contributed by atoms with Crippen LogP contribution in [0.15, 0.2) is 34.9 Å². The number of hydrogen-bond donors (Lipinski definition) is 0. The number of aryl methyl sites for hydroxylation is 1. The summed E-state index contributed by atoms with van der Waals surface area (Å²) in [7, 11) is 0. The quantitative estimate of drug-likeness (QED) is 0.550. The minimum absolute atomic E-state index is 0.701. The van der Waals surface area contributed by atoms with E-state index >= 15 is 0 Å². The van der Waals surface area contributed by atoms with Gasteiger partial charge in [0, 0.05) is 22.5 Å². The highest BCUT2D eigenvalue weighted by Gasteiger charge is 2.10. The molecule has 3 aromatic heterocycles.